The lowest BCUT2D eigenvalue weighted by atomic mass is 10.5. The van der Waals surface area contributed by atoms with E-state index in [2.05, 4.69) is 9.84 Å². The summed E-state index contributed by atoms with van der Waals surface area (Å²) in [7, 11) is -4.25. The van der Waals surface area contributed by atoms with Gasteiger partial charge in [0, 0.05) is 6.54 Å². The Morgan fingerprint density at radius 1 is 1.45 bits per heavy atom. The SMILES string of the molecule is CCCNCCOP(=O)(O)O. The van der Waals surface area contributed by atoms with Gasteiger partial charge in [0.15, 0.2) is 0 Å². The minimum atomic E-state index is -4.25. The molecular weight excluding hydrogens is 169 g/mol. The van der Waals surface area contributed by atoms with Gasteiger partial charge in [-0.05, 0) is 13.0 Å². The van der Waals surface area contributed by atoms with Crippen LogP contribution in [-0.2, 0) is 9.09 Å². The summed E-state index contributed by atoms with van der Waals surface area (Å²) in [5, 5.41) is 2.94. The minimum Gasteiger partial charge on any atom is -0.314 e. The molecule has 0 aromatic heterocycles. The lowest BCUT2D eigenvalue weighted by molar-refractivity contribution is 0.197. The highest BCUT2D eigenvalue weighted by atomic mass is 31.2. The van der Waals surface area contributed by atoms with Gasteiger partial charge in [-0.15, -0.1) is 0 Å². The standard InChI is InChI=1S/C5H14NO4P/c1-2-3-6-4-5-10-11(7,8)9/h6H,2-5H2,1H3,(H2,7,8,9). The fourth-order valence-corrected chi connectivity index (χ4v) is 0.868. The highest BCUT2D eigenvalue weighted by Gasteiger charge is 2.11. The smallest absolute Gasteiger partial charge is 0.314 e. The molecule has 0 rings (SSSR count). The molecule has 6 heteroatoms. The second-order valence-electron chi connectivity index (χ2n) is 2.07. The van der Waals surface area contributed by atoms with Crippen LogP contribution in [-0.4, -0.2) is 29.5 Å². The maximum atomic E-state index is 10.1. The van der Waals surface area contributed by atoms with Gasteiger partial charge >= 0.3 is 7.82 Å². The van der Waals surface area contributed by atoms with Crippen molar-refractivity contribution in [3.63, 3.8) is 0 Å². The van der Waals surface area contributed by atoms with Crippen molar-refractivity contribution in [2.45, 2.75) is 13.3 Å². The number of nitrogens with one attached hydrogen (secondary N) is 1. The zero-order chi connectivity index (χ0) is 8.74. The van der Waals surface area contributed by atoms with Crippen molar-refractivity contribution in [3.8, 4) is 0 Å². The van der Waals surface area contributed by atoms with Gasteiger partial charge in [-0.1, -0.05) is 6.92 Å². The Bertz CT molecular complexity index is 134. The van der Waals surface area contributed by atoms with Crippen LogP contribution >= 0.6 is 7.82 Å². The fraction of sp³-hybridized carbons (Fsp3) is 1.00. The quantitative estimate of drug-likeness (QED) is 0.402. The third kappa shape index (κ3) is 10.1. The lowest BCUT2D eigenvalue weighted by Gasteiger charge is -2.05. The summed E-state index contributed by atoms with van der Waals surface area (Å²) in [6, 6.07) is 0. The van der Waals surface area contributed by atoms with Crippen LogP contribution in [0.25, 0.3) is 0 Å². The summed E-state index contributed by atoms with van der Waals surface area (Å²) < 4.78 is 14.3. The summed E-state index contributed by atoms with van der Waals surface area (Å²) in [5.41, 5.74) is 0. The largest absolute Gasteiger partial charge is 0.469 e. The van der Waals surface area contributed by atoms with E-state index in [4.69, 9.17) is 9.79 Å². The molecular formula is C5H14NO4P. The first-order valence-electron chi connectivity index (χ1n) is 3.47. The van der Waals surface area contributed by atoms with Crippen LogP contribution < -0.4 is 5.32 Å². The summed E-state index contributed by atoms with van der Waals surface area (Å²) in [5.74, 6) is 0. The van der Waals surface area contributed by atoms with Crippen LogP contribution in [0.1, 0.15) is 13.3 Å². The maximum Gasteiger partial charge on any atom is 0.469 e. The molecule has 0 aliphatic rings. The van der Waals surface area contributed by atoms with E-state index in [1.165, 1.54) is 0 Å². The first kappa shape index (κ1) is 11.1. The van der Waals surface area contributed by atoms with Crippen LogP contribution in [0, 0.1) is 0 Å². The molecule has 0 radical (unpaired) electrons. The monoisotopic (exact) mass is 183 g/mol. The molecule has 5 nitrogen and oxygen atoms in total. The van der Waals surface area contributed by atoms with Crippen molar-refractivity contribution in [2.75, 3.05) is 19.7 Å². The van der Waals surface area contributed by atoms with E-state index < -0.39 is 7.82 Å². The third-order valence-electron chi connectivity index (χ3n) is 0.965. The molecule has 11 heavy (non-hydrogen) atoms. The van der Waals surface area contributed by atoms with E-state index >= 15 is 0 Å². The number of phosphoric acid groups is 1. The Morgan fingerprint density at radius 3 is 2.55 bits per heavy atom. The van der Waals surface area contributed by atoms with Gasteiger partial charge in [0.25, 0.3) is 0 Å². The topological polar surface area (TPSA) is 78.8 Å². The van der Waals surface area contributed by atoms with Crippen molar-refractivity contribution < 1.29 is 18.9 Å². The molecule has 68 valence electrons. The average Bonchev–Trinajstić information content (AvgIpc) is 1.85. The van der Waals surface area contributed by atoms with Gasteiger partial charge < -0.3 is 15.1 Å². The molecule has 0 unspecified atom stereocenters. The second kappa shape index (κ2) is 5.69. The van der Waals surface area contributed by atoms with E-state index in [0.29, 0.717) is 6.54 Å². The Morgan fingerprint density at radius 2 is 2.09 bits per heavy atom. The number of hydrogen-bond acceptors (Lipinski definition) is 3. The molecule has 0 saturated heterocycles. The van der Waals surface area contributed by atoms with E-state index in [-0.39, 0.29) is 6.61 Å². The predicted octanol–water partition coefficient (Wildman–Crippen LogP) is 0.0953. The van der Waals surface area contributed by atoms with Crippen molar-refractivity contribution in [3.05, 3.63) is 0 Å². The average molecular weight is 183 g/mol. The van der Waals surface area contributed by atoms with E-state index in [1.807, 2.05) is 6.92 Å². The zero-order valence-corrected chi connectivity index (χ0v) is 7.38. The predicted molar refractivity (Wildman–Crippen MR) is 41.2 cm³/mol. The van der Waals surface area contributed by atoms with Crippen molar-refractivity contribution in [2.24, 2.45) is 0 Å². The van der Waals surface area contributed by atoms with Crippen LogP contribution in [0.4, 0.5) is 0 Å². The Kier molecular flexibility index (Phi) is 5.72. The Labute approximate surface area is 66.0 Å². The summed E-state index contributed by atoms with van der Waals surface area (Å²) in [4.78, 5) is 16.5. The lowest BCUT2D eigenvalue weighted by Crippen LogP contribution is -2.19. The highest BCUT2D eigenvalue weighted by Crippen LogP contribution is 2.34. The second-order valence-corrected chi connectivity index (χ2v) is 3.31. The van der Waals surface area contributed by atoms with E-state index in [0.717, 1.165) is 13.0 Å². The molecule has 0 aliphatic carbocycles. The molecule has 0 amide bonds. The number of phosphoric ester groups is 1. The minimum absolute atomic E-state index is 0.0459. The first-order valence-corrected chi connectivity index (χ1v) is 5.00. The molecule has 0 bridgehead atoms. The van der Waals surface area contributed by atoms with Gasteiger partial charge in [-0.25, -0.2) is 4.57 Å². The maximum absolute atomic E-state index is 10.1. The van der Waals surface area contributed by atoms with Crippen molar-refractivity contribution in [1.29, 1.82) is 0 Å². The molecule has 0 spiro atoms. The molecule has 0 atom stereocenters. The molecule has 0 fully saturated rings. The van der Waals surface area contributed by atoms with Crippen molar-refractivity contribution in [1.82, 2.24) is 5.32 Å². The van der Waals surface area contributed by atoms with E-state index in [1.54, 1.807) is 0 Å². The molecule has 0 saturated carbocycles. The fourth-order valence-electron chi connectivity index (χ4n) is 0.539. The Hall–Kier alpha value is 0.0700. The number of hydrogen-bond donors (Lipinski definition) is 3. The third-order valence-corrected chi connectivity index (χ3v) is 1.48. The molecule has 0 aromatic carbocycles. The number of rotatable bonds is 6. The van der Waals surface area contributed by atoms with Crippen LogP contribution in [0.2, 0.25) is 0 Å². The normalized spacial score (nSPS) is 11.9. The van der Waals surface area contributed by atoms with Gasteiger partial charge in [-0.3, -0.25) is 4.52 Å². The Balaban J connectivity index is 3.09. The molecule has 3 N–H and O–H groups in total. The molecule has 0 aromatic rings. The molecule has 0 aliphatic heterocycles. The van der Waals surface area contributed by atoms with E-state index in [9.17, 15) is 4.57 Å². The summed E-state index contributed by atoms with van der Waals surface area (Å²) >= 11 is 0. The van der Waals surface area contributed by atoms with Crippen LogP contribution in [0.3, 0.4) is 0 Å². The summed E-state index contributed by atoms with van der Waals surface area (Å²) in [6.07, 6.45) is 0.996. The zero-order valence-electron chi connectivity index (χ0n) is 6.49. The highest BCUT2D eigenvalue weighted by molar-refractivity contribution is 7.46. The van der Waals surface area contributed by atoms with Crippen LogP contribution in [0.15, 0.2) is 0 Å². The van der Waals surface area contributed by atoms with Gasteiger partial charge in [0.2, 0.25) is 0 Å². The first-order chi connectivity index (χ1) is 5.06. The van der Waals surface area contributed by atoms with Crippen LogP contribution in [0.5, 0.6) is 0 Å². The van der Waals surface area contributed by atoms with Gasteiger partial charge in [0.05, 0.1) is 6.61 Å². The van der Waals surface area contributed by atoms with Crippen molar-refractivity contribution >= 4 is 7.82 Å². The molecule has 0 heterocycles. The van der Waals surface area contributed by atoms with Gasteiger partial charge in [0.1, 0.15) is 0 Å². The van der Waals surface area contributed by atoms with Gasteiger partial charge in [-0.2, -0.15) is 0 Å². The summed E-state index contributed by atoms with van der Waals surface area (Å²) in [6.45, 7) is 3.37.